The van der Waals surface area contributed by atoms with Crippen LogP contribution in [0.25, 0.3) is 11.0 Å². The highest BCUT2D eigenvalue weighted by Gasteiger charge is 2.62. The monoisotopic (exact) mass is 953 g/mol. The van der Waals surface area contributed by atoms with Gasteiger partial charge in [-0.3, -0.25) is 14.4 Å². The van der Waals surface area contributed by atoms with Crippen molar-refractivity contribution < 1.29 is 53.8 Å². The third-order valence-corrected chi connectivity index (χ3v) is 12.4. The summed E-state index contributed by atoms with van der Waals surface area (Å²) < 4.78 is 25.7. The van der Waals surface area contributed by atoms with E-state index in [0.29, 0.717) is 34.7 Å². The summed E-state index contributed by atoms with van der Waals surface area (Å²) in [5.74, 6) is -2.40. The van der Waals surface area contributed by atoms with Gasteiger partial charge < -0.3 is 56.6 Å². The highest BCUT2D eigenvalue weighted by atomic mass is 16.7. The van der Waals surface area contributed by atoms with E-state index in [1.807, 2.05) is 36.4 Å². The molecule has 1 aromatic carbocycles. The second kappa shape index (κ2) is 19.7. The second-order valence-electron chi connectivity index (χ2n) is 19.7. The van der Waals surface area contributed by atoms with Crippen molar-refractivity contribution in [2.75, 3.05) is 24.7 Å². The molecule has 0 radical (unpaired) electrons. The number of carbonyl (C=O) groups is 3. The van der Waals surface area contributed by atoms with E-state index in [1.165, 1.54) is 44.9 Å². The van der Waals surface area contributed by atoms with Gasteiger partial charge in [0.25, 0.3) is 0 Å². The van der Waals surface area contributed by atoms with Crippen molar-refractivity contribution in [2.24, 2.45) is 23.0 Å². The van der Waals surface area contributed by atoms with Crippen LogP contribution in [0.3, 0.4) is 0 Å². The number of ether oxygens (including phenoxy) is 4. The molecule has 3 aliphatic rings. The Labute approximate surface area is 397 Å². The average Bonchev–Trinajstić information content (AvgIpc) is 4.12. The molecule has 1 unspecified atom stereocenters. The molecule has 0 amide bonds. The summed E-state index contributed by atoms with van der Waals surface area (Å²) in [4.78, 5) is 41.8. The van der Waals surface area contributed by atoms with E-state index in [2.05, 4.69) is 32.3 Å². The van der Waals surface area contributed by atoms with Crippen molar-refractivity contribution in [1.82, 2.24) is 29.2 Å². The van der Waals surface area contributed by atoms with Gasteiger partial charge in [-0.2, -0.15) is 20.7 Å². The number of anilines is 2. The Kier molecular flexibility index (Phi) is 14.7. The Balaban J connectivity index is 0.000000180. The number of aliphatic hydroxyl groups is 3. The van der Waals surface area contributed by atoms with Gasteiger partial charge in [-0.05, 0) is 85.6 Å². The van der Waals surface area contributed by atoms with E-state index in [1.54, 1.807) is 43.5 Å². The molecule has 22 heteroatoms. The Morgan fingerprint density at radius 1 is 0.826 bits per heavy atom. The van der Waals surface area contributed by atoms with Gasteiger partial charge in [0.1, 0.15) is 57.9 Å². The van der Waals surface area contributed by atoms with Gasteiger partial charge in [-0.1, -0.05) is 30.3 Å². The molecule has 8 rings (SSSR count). The molecule has 69 heavy (non-hydrogen) atoms. The first-order chi connectivity index (χ1) is 32.3. The maximum absolute atomic E-state index is 11.9. The summed E-state index contributed by atoms with van der Waals surface area (Å²) >= 11 is 0. The van der Waals surface area contributed by atoms with Gasteiger partial charge in [0.2, 0.25) is 0 Å². The third-order valence-electron chi connectivity index (χ3n) is 12.4. The molecule has 3 fully saturated rings. The van der Waals surface area contributed by atoms with Crippen LogP contribution >= 0.6 is 0 Å². The number of carboxylic acids is 1. The molecule has 0 spiro atoms. The summed E-state index contributed by atoms with van der Waals surface area (Å²) in [6.45, 7) is 11.0. The lowest BCUT2D eigenvalue weighted by Crippen LogP contribution is -2.44. The molecule has 1 saturated heterocycles. The quantitative estimate of drug-likeness (QED) is 0.0989. The number of nitrogens with two attached hydrogens (primary N) is 3. The summed E-state index contributed by atoms with van der Waals surface area (Å²) in [6, 6.07) is 21.1. The molecule has 10 N–H and O–H groups in total. The molecule has 9 atom stereocenters. The predicted octanol–water partition coefficient (Wildman–Crippen LogP) is 2.49. The van der Waals surface area contributed by atoms with Crippen molar-refractivity contribution in [3.05, 3.63) is 84.2 Å². The number of aliphatic carboxylic acids is 1. The van der Waals surface area contributed by atoms with Crippen LogP contribution in [0.1, 0.15) is 91.0 Å². The molecule has 1 aliphatic heterocycles. The Bertz CT molecular complexity index is 2750. The van der Waals surface area contributed by atoms with Gasteiger partial charge >= 0.3 is 17.9 Å². The van der Waals surface area contributed by atoms with Crippen LogP contribution in [-0.2, 0) is 44.2 Å². The molecule has 2 aliphatic carbocycles. The molecular formula is C47H59N11O11. The maximum atomic E-state index is 11.9. The van der Waals surface area contributed by atoms with Gasteiger partial charge in [0.15, 0.2) is 17.9 Å². The number of fused-ring (bicyclic) bond motifs is 3. The number of carbonyl (C=O) groups excluding carboxylic acids is 2. The smallest absolute Gasteiger partial charge is 0.325 e. The lowest BCUT2D eigenvalue weighted by atomic mass is 9.81. The van der Waals surface area contributed by atoms with E-state index in [9.17, 15) is 40.2 Å². The van der Waals surface area contributed by atoms with Crippen LogP contribution < -0.4 is 17.2 Å². The number of benzene rings is 1. The van der Waals surface area contributed by atoms with Crippen molar-refractivity contribution in [3.63, 3.8) is 0 Å². The molecule has 22 nitrogen and oxygen atoms in total. The minimum Gasteiger partial charge on any atom is -0.481 e. The van der Waals surface area contributed by atoms with Crippen molar-refractivity contribution in [3.8, 4) is 12.1 Å². The first-order valence-corrected chi connectivity index (χ1v) is 22.1. The predicted molar refractivity (Wildman–Crippen MR) is 245 cm³/mol. The van der Waals surface area contributed by atoms with E-state index in [-0.39, 0.29) is 43.9 Å². The Morgan fingerprint density at radius 2 is 1.36 bits per heavy atom. The largest absolute Gasteiger partial charge is 0.481 e. The molecule has 368 valence electrons. The minimum absolute atomic E-state index is 0.0696. The number of rotatable bonds is 10. The van der Waals surface area contributed by atoms with Crippen LogP contribution in [0.2, 0.25) is 0 Å². The van der Waals surface area contributed by atoms with Gasteiger partial charge in [-0.15, -0.1) is 0 Å². The fraction of sp³-hybridized carbons (Fsp3) is 0.511. The van der Waals surface area contributed by atoms with Crippen LogP contribution in [0.5, 0.6) is 0 Å². The molecule has 5 aromatic rings. The number of nitriles is 2. The fourth-order valence-electron chi connectivity index (χ4n) is 8.76. The SMILES string of the molecule is CC(C)(C)OC(=O)CC(C)(C)C(=O)O.CC(C)(N)C(=O)OC[C@H]1C[C@@](C#N)(c2ccc3c(N)ncnn23)[C@H](O)[C@@H]1O.N#C[C@@]1(c2ccc3c(N)ncnn23)C[C@H](CO)[C@H]2OC(c3ccccc3)O[C@H]21. The highest BCUT2D eigenvalue weighted by molar-refractivity contribution is 5.81. The zero-order chi connectivity index (χ0) is 50.9. The third kappa shape index (κ3) is 10.3. The lowest BCUT2D eigenvalue weighted by molar-refractivity contribution is -0.163. The summed E-state index contributed by atoms with van der Waals surface area (Å²) in [5, 5.41) is 68.5. The summed E-state index contributed by atoms with van der Waals surface area (Å²) in [7, 11) is 0. The number of aromatic nitrogens is 6. The Hall–Kier alpha value is -6.79. The summed E-state index contributed by atoms with van der Waals surface area (Å²) in [5.41, 5.74) is 15.3. The van der Waals surface area contributed by atoms with E-state index in [0.717, 1.165) is 5.56 Å². The van der Waals surface area contributed by atoms with Crippen molar-refractivity contribution in [2.45, 2.75) is 120 Å². The molecule has 2 saturated carbocycles. The number of hydrogen-bond donors (Lipinski definition) is 7. The standard InChI is InChI=1S/C20H19N5O3.C17H22N6O4.C10H18O4/c21-10-20(15-7-6-14-18(22)23-11-24-25(14)15)8-13(9-26)16-17(20)28-19(27-16)12-4-2-1-3-5-12;1-16(2,20)15(26)27-6-9-5-17(7-18,13(25)12(9)24)11-4-3-10-14(19)21-8-22-23(10)11;1-9(2,3)14-7(11)6-10(4,5)8(12)13/h1-7,11,13,16-17,19,26H,8-9H2,(H2,22,23,24);3-4,8-9,12-13,24-25H,5-6,20H2,1-2H3,(H2,19,21,22);6H2,1-5H3,(H,12,13)/t13-,16-,17-,19?,20-;9-,12-,13-,17-;/m11./s1. The highest BCUT2D eigenvalue weighted by Crippen LogP contribution is 2.53. The zero-order valence-corrected chi connectivity index (χ0v) is 39.4. The van der Waals surface area contributed by atoms with Crippen LogP contribution in [0.4, 0.5) is 11.6 Å². The van der Waals surface area contributed by atoms with Crippen molar-refractivity contribution >= 4 is 40.6 Å². The van der Waals surface area contributed by atoms with E-state index >= 15 is 0 Å². The zero-order valence-electron chi connectivity index (χ0n) is 39.4. The lowest BCUT2D eigenvalue weighted by Gasteiger charge is -2.27. The van der Waals surface area contributed by atoms with Crippen molar-refractivity contribution in [1.29, 1.82) is 10.5 Å². The summed E-state index contributed by atoms with van der Waals surface area (Å²) in [6.07, 6.45) is -1.18. The minimum atomic E-state index is -1.44. The first-order valence-electron chi connectivity index (χ1n) is 22.1. The van der Waals surface area contributed by atoms with Gasteiger partial charge in [-0.25, -0.2) is 19.0 Å². The fourth-order valence-corrected chi connectivity index (χ4v) is 8.76. The van der Waals surface area contributed by atoms with Gasteiger partial charge in [0.05, 0.1) is 54.2 Å². The Morgan fingerprint density at radius 3 is 1.86 bits per heavy atom. The number of nitrogen functional groups attached to an aromatic ring is 2. The molecule has 0 bridgehead atoms. The van der Waals surface area contributed by atoms with Crippen LogP contribution in [0, 0.1) is 39.9 Å². The first kappa shape index (κ1) is 51.6. The second-order valence-corrected chi connectivity index (χ2v) is 19.7. The van der Waals surface area contributed by atoms with Gasteiger partial charge in [0, 0.05) is 24.0 Å². The number of carboxylic acid groups (broad SMARTS) is 1. The number of hydrogen-bond acceptors (Lipinski definition) is 19. The van der Waals surface area contributed by atoms with E-state index < -0.39 is 75.8 Å². The number of esters is 2. The molecule has 5 heterocycles. The van der Waals surface area contributed by atoms with E-state index in [4.69, 9.17) is 41.3 Å². The topological polar surface area (TPSA) is 355 Å². The number of aliphatic hydroxyl groups excluding tert-OH is 3. The molecule has 4 aromatic heterocycles. The maximum Gasteiger partial charge on any atom is 0.325 e. The molecular weight excluding hydrogens is 895 g/mol. The normalized spacial score (nSPS) is 26.4. The van der Waals surface area contributed by atoms with Crippen LogP contribution in [-0.4, -0.2) is 116 Å². The number of nitrogens with zero attached hydrogens (tertiary/aromatic N) is 8. The average molecular weight is 954 g/mol. The van der Waals surface area contributed by atoms with Crippen LogP contribution in [0.15, 0.2) is 67.3 Å².